The number of ether oxygens (including phenoxy) is 2. The highest BCUT2D eigenvalue weighted by Gasteiger charge is 2.53. The lowest BCUT2D eigenvalue weighted by atomic mass is 9.60. The molecule has 10 heteroatoms. The van der Waals surface area contributed by atoms with Crippen molar-refractivity contribution in [2.45, 2.75) is 134 Å². The smallest absolute Gasteiger partial charge is 0.335 e. The van der Waals surface area contributed by atoms with Gasteiger partial charge in [-0.25, -0.2) is 4.79 Å². The number of carbonyl (C=O) groups is 2. The van der Waals surface area contributed by atoms with Gasteiger partial charge in [-0.3, -0.25) is 4.79 Å². The molecule has 0 aromatic rings. The van der Waals surface area contributed by atoms with E-state index >= 15 is 0 Å². The standard InChI is InChI=1S/C33H50O10/c1-17-8-11-21(34)16-20(17)10-9-19-7-6-14-33(5)22(12-13-23(19)33)18(2)15-24(29(38)32(3,4)41)42-31-27(37)25(35)26(36)28(43-31)30(39)40/h9-10,18,21-28,31,34-37,41H,1,6-8,11-16H2,2-5H3,(H,39,40)/t18-,21+,22-,23+,24+,25+,26+,27-,28+,31?,33-/m1/s1. The first-order valence-corrected chi connectivity index (χ1v) is 15.6. The summed E-state index contributed by atoms with van der Waals surface area (Å²) in [6.07, 6.45) is 1.13. The second-order valence-electron chi connectivity index (χ2n) is 14.0. The van der Waals surface area contributed by atoms with Crippen molar-refractivity contribution in [1.29, 1.82) is 0 Å². The Morgan fingerprint density at radius 3 is 2.44 bits per heavy atom. The third-order valence-electron chi connectivity index (χ3n) is 10.5. The number of aliphatic hydroxyl groups is 5. The zero-order valence-corrected chi connectivity index (χ0v) is 25.8. The van der Waals surface area contributed by atoms with Crippen molar-refractivity contribution in [3.05, 3.63) is 35.5 Å². The second-order valence-corrected chi connectivity index (χ2v) is 14.0. The number of carboxylic acid groups (broad SMARTS) is 1. The highest BCUT2D eigenvalue weighted by Crippen LogP contribution is 2.60. The van der Waals surface area contributed by atoms with E-state index in [1.807, 2.05) is 0 Å². The Labute approximate surface area is 254 Å². The molecule has 0 aromatic heterocycles. The molecule has 1 saturated heterocycles. The van der Waals surface area contributed by atoms with Crippen LogP contribution in [0.15, 0.2) is 35.5 Å². The zero-order chi connectivity index (χ0) is 31.9. The first-order chi connectivity index (χ1) is 20.0. The number of aliphatic carboxylic acids is 1. The number of rotatable bonds is 9. The summed E-state index contributed by atoms with van der Waals surface area (Å²) in [4.78, 5) is 25.0. The molecule has 4 fully saturated rings. The minimum Gasteiger partial charge on any atom is -0.479 e. The van der Waals surface area contributed by atoms with Crippen LogP contribution in [0.25, 0.3) is 0 Å². The van der Waals surface area contributed by atoms with Crippen LogP contribution < -0.4 is 0 Å². The van der Waals surface area contributed by atoms with Crippen molar-refractivity contribution < 1.29 is 49.7 Å². The van der Waals surface area contributed by atoms with Gasteiger partial charge in [-0.05, 0) is 100 Å². The van der Waals surface area contributed by atoms with Gasteiger partial charge in [-0.1, -0.05) is 43.7 Å². The van der Waals surface area contributed by atoms with E-state index in [4.69, 9.17) is 9.47 Å². The highest BCUT2D eigenvalue weighted by molar-refractivity contribution is 5.90. The Morgan fingerprint density at radius 2 is 1.79 bits per heavy atom. The summed E-state index contributed by atoms with van der Waals surface area (Å²) in [5, 5.41) is 61.0. The summed E-state index contributed by atoms with van der Waals surface area (Å²) in [7, 11) is 0. The number of fused-ring (bicyclic) bond motifs is 1. The van der Waals surface area contributed by atoms with Crippen LogP contribution in [0.4, 0.5) is 0 Å². The lowest BCUT2D eigenvalue weighted by Crippen LogP contribution is -2.61. The molecule has 1 heterocycles. The van der Waals surface area contributed by atoms with Gasteiger partial charge in [0.2, 0.25) is 0 Å². The monoisotopic (exact) mass is 606 g/mol. The minimum absolute atomic E-state index is 0.0248. The fourth-order valence-corrected chi connectivity index (χ4v) is 8.06. The van der Waals surface area contributed by atoms with E-state index < -0.39 is 54.2 Å². The largest absolute Gasteiger partial charge is 0.479 e. The van der Waals surface area contributed by atoms with Gasteiger partial charge in [-0.15, -0.1) is 0 Å². The third-order valence-corrected chi connectivity index (χ3v) is 10.5. The van der Waals surface area contributed by atoms with Crippen LogP contribution in [0.3, 0.4) is 0 Å². The van der Waals surface area contributed by atoms with Gasteiger partial charge in [0.05, 0.1) is 6.10 Å². The van der Waals surface area contributed by atoms with Crippen LogP contribution in [-0.4, -0.2) is 90.9 Å². The van der Waals surface area contributed by atoms with Gasteiger partial charge < -0.3 is 40.1 Å². The molecule has 1 aliphatic heterocycles. The van der Waals surface area contributed by atoms with E-state index in [1.54, 1.807) is 0 Å². The van der Waals surface area contributed by atoms with Gasteiger partial charge in [-0.2, -0.15) is 0 Å². The van der Waals surface area contributed by atoms with E-state index in [-0.39, 0.29) is 29.8 Å². The van der Waals surface area contributed by atoms with Gasteiger partial charge in [0.1, 0.15) is 30.0 Å². The highest BCUT2D eigenvalue weighted by atomic mass is 16.7. The van der Waals surface area contributed by atoms with Crippen molar-refractivity contribution in [3.8, 4) is 0 Å². The fraction of sp³-hybridized carbons (Fsp3) is 0.758. The number of Topliss-reactive ketones (excluding diaryl/α,β-unsaturated/α-hetero) is 1. The molecule has 3 aliphatic carbocycles. The maximum atomic E-state index is 13.4. The molecule has 10 nitrogen and oxygen atoms in total. The molecule has 43 heavy (non-hydrogen) atoms. The van der Waals surface area contributed by atoms with E-state index in [2.05, 4.69) is 32.6 Å². The van der Waals surface area contributed by atoms with Crippen LogP contribution in [0.2, 0.25) is 0 Å². The molecule has 11 atom stereocenters. The average Bonchev–Trinajstić information content (AvgIpc) is 3.29. The zero-order valence-electron chi connectivity index (χ0n) is 25.8. The second kappa shape index (κ2) is 13.2. The molecule has 242 valence electrons. The molecular weight excluding hydrogens is 556 g/mol. The summed E-state index contributed by atoms with van der Waals surface area (Å²) in [6.45, 7) is 11.2. The summed E-state index contributed by atoms with van der Waals surface area (Å²) in [5.41, 5.74) is 1.80. The molecular formula is C33H50O10. The van der Waals surface area contributed by atoms with Crippen molar-refractivity contribution in [3.63, 3.8) is 0 Å². The number of hydrogen-bond acceptors (Lipinski definition) is 9. The molecule has 4 aliphatic rings. The van der Waals surface area contributed by atoms with E-state index in [1.165, 1.54) is 19.4 Å². The van der Waals surface area contributed by atoms with Crippen LogP contribution in [0, 0.1) is 23.2 Å². The quantitative estimate of drug-likeness (QED) is 0.229. The summed E-state index contributed by atoms with van der Waals surface area (Å²) < 4.78 is 11.2. The van der Waals surface area contributed by atoms with E-state index in [0.717, 1.165) is 56.1 Å². The number of aliphatic hydroxyl groups excluding tert-OH is 4. The fourth-order valence-electron chi connectivity index (χ4n) is 8.06. The van der Waals surface area contributed by atoms with Crippen molar-refractivity contribution >= 4 is 11.8 Å². The van der Waals surface area contributed by atoms with Gasteiger partial charge >= 0.3 is 5.97 Å². The molecule has 0 radical (unpaired) electrons. The van der Waals surface area contributed by atoms with Crippen LogP contribution in [-0.2, 0) is 19.1 Å². The van der Waals surface area contributed by atoms with Crippen molar-refractivity contribution in [2.24, 2.45) is 23.2 Å². The summed E-state index contributed by atoms with van der Waals surface area (Å²) in [5.74, 6) is -1.63. The molecule has 0 aromatic carbocycles. The normalized spacial score (nSPS) is 40.3. The number of allylic oxidation sites excluding steroid dienone is 4. The van der Waals surface area contributed by atoms with Crippen molar-refractivity contribution in [1.82, 2.24) is 0 Å². The summed E-state index contributed by atoms with van der Waals surface area (Å²) >= 11 is 0. The Kier molecular flexibility index (Phi) is 10.4. The Balaban J connectivity index is 1.53. The number of hydrogen-bond donors (Lipinski definition) is 6. The van der Waals surface area contributed by atoms with Gasteiger partial charge in [0.25, 0.3) is 0 Å². The first-order valence-electron chi connectivity index (χ1n) is 15.6. The molecule has 1 unspecified atom stereocenters. The van der Waals surface area contributed by atoms with Crippen LogP contribution >= 0.6 is 0 Å². The topological polar surface area (TPSA) is 174 Å². The molecule has 0 amide bonds. The average molecular weight is 607 g/mol. The first kappa shape index (κ1) is 34.0. The predicted octanol–water partition coefficient (Wildman–Crippen LogP) is 2.80. The Bertz CT molecular complexity index is 1120. The maximum Gasteiger partial charge on any atom is 0.335 e. The van der Waals surface area contributed by atoms with Gasteiger partial charge in [0, 0.05) is 0 Å². The number of carbonyl (C=O) groups excluding carboxylic acids is 1. The lowest BCUT2D eigenvalue weighted by molar-refractivity contribution is -0.303. The van der Waals surface area contributed by atoms with Gasteiger partial charge in [0.15, 0.2) is 18.2 Å². The molecule has 4 rings (SSSR count). The predicted molar refractivity (Wildman–Crippen MR) is 158 cm³/mol. The molecule has 6 N–H and O–H groups in total. The lowest BCUT2D eigenvalue weighted by Gasteiger charge is -2.45. The SMILES string of the molecule is C=C1CC[C@H](O)CC1=CC=C1CCC[C@]2(C)[C@@H]([C@H](C)C[C@H](OC3O[C@H](C(=O)O)[C@@H](O)[C@H](O)[C@H]3O)C(=O)C(C)(C)O)CC[C@@H]12. The summed E-state index contributed by atoms with van der Waals surface area (Å²) in [6, 6.07) is 0. The van der Waals surface area contributed by atoms with Crippen molar-refractivity contribution in [2.75, 3.05) is 0 Å². The van der Waals surface area contributed by atoms with E-state index in [0.29, 0.717) is 12.3 Å². The minimum atomic E-state index is -1.88. The third kappa shape index (κ3) is 7.16. The molecule has 3 saturated carbocycles. The number of ketones is 1. The van der Waals surface area contributed by atoms with Crippen LogP contribution in [0.1, 0.15) is 85.5 Å². The molecule has 0 bridgehead atoms. The van der Waals surface area contributed by atoms with E-state index in [9.17, 15) is 40.2 Å². The molecule has 0 spiro atoms. The Morgan fingerprint density at radius 1 is 1.09 bits per heavy atom. The maximum absolute atomic E-state index is 13.4. The number of carboxylic acids is 1. The Hall–Kier alpha value is -1.92. The van der Waals surface area contributed by atoms with Crippen LogP contribution in [0.5, 0.6) is 0 Å².